The number of fused-ring (bicyclic) bond motifs is 1. The molecule has 2 aromatic carbocycles. The Balaban J connectivity index is 0.000000255. The molecule has 0 aliphatic carbocycles. The second kappa shape index (κ2) is 10.0. The number of carboxylic acids is 1. The molecule has 29 heavy (non-hydrogen) atoms. The van der Waals surface area contributed by atoms with E-state index < -0.39 is 5.97 Å². The normalized spacial score (nSPS) is 9.90. The minimum atomic E-state index is -0.990. The Bertz CT molecular complexity index is 1130. The van der Waals surface area contributed by atoms with Crippen molar-refractivity contribution in [3.63, 3.8) is 0 Å². The molecule has 149 valence electrons. The smallest absolute Gasteiger partial charge is 0.354 e. The molecule has 0 unspecified atom stereocenters. The first-order chi connectivity index (χ1) is 13.5. The van der Waals surface area contributed by atoms with E-state index in [2.05, 4.69) is 52.2 Å². The molecule has 2 aromatic heterocycles. The number of carboxylic acid groups (broad SMARTS) is 1. The van der Waals surface area contributed by atoms with Crippen LogP contribution >= 0.6 is 0 Å². The number of aromatic nitrogens is 3. The standard InChI is InChI=1S/C17H15N2.C6H5NO2.Ir/c1-11-8-9-16(15-7-5-4-6-14(11)15)17-13(3)19-12(2)10-18-17;8-6(9)5-3-1-2-4-7-5;/h4-8,10H,1-3H3;1-4H,(H,8,9);/q-1;;. The Morgan fingerprint density at radius 1 is 0.966 bits per heavy atom. The van der Waals surface area contributed by atoms with Crippen LogP contribution in [0.4, 0.5) is 0 Å². The van der Waals surface area contributed by atoms with Gasteiger partial charge in [-0.25, -0.2) is 9.78 Å². The zero-order valence-corrected chi connectivity index (χ0v) is 18.7. The van der Waals surface area contributed by atoms with E-state index in [-0.39, 0.29) is 25.8 Å². The number of aryl methyl sites for hydroxylation is 3. The van der Waals surface area contributed by atoms with Crippen molar-refractivity contribution in [3.05, 3.63) is 89.6 Å². The molecule has 1 N–H and O–H groups in total. The van der Waals surface area contributed by atoms with Crippen LogP contribution in [0.3, 0.4) is 0 Å². The van der Waals surface area contributed by atoms with Gasteiger partial charge in [0.1, 0.15) is 5.69 Å². The maximum absolute atomic E-state index is 10.1. The monoisotopic (exact) mass is 563 g/mol. The first kappa shape index (κ1) is 22.3. The van der Waals surface area contributed by atoms with E-state index in [1.54, 1.807) is 12.1 Å². The summed E-state index contributed by atoms with van der Waals surface area (Å²) in [6.07, 6.45) is 3.26. The molecule has 0 aliphatic heterocycles. The van der Waals surface area contributed by atoms with Gasteiger partial charge in [-0.3, -0.25) is 4.98 Å². The number of hydrogen-bond donors (Lipinski definition) is 1. The van der Waals surface area contributed by atoms with Crippen molar-refractivity contribution in [1.29, 1.82) is 0 Å². The van der Waals surface area contributed by atoms with Crippen molar-refractivity contribution < 1.29 is 30.0 Å². The number of pyridine rings is 1. The van der Waals surface area contributed by atoms with Crippen molar-refractivity contribution in [2.75, 3.05) is 0 Å². The van der Waals surface area contributed by atoms with Crippen LogP contribution in [0.5, 0.6) is 0 Å². The van der Waals surface area contributed by atoms with Gasteiger partial charge in [-0.1, -0.05) is 48.0 Å². The van der Waals surface area contributed by atoms with Crippen molar-refractivity contribution >= 4 is 16.7 Å². The predicted octanol–water partition coefficient (Wildman–Crippen LogP) is 4.80. The van der Waals surface area contributed by atoms with Crippen molar-refractivity contribution in [2.45, 2.75) is 20.8 Å². The van der Waals surface area contributed by atoms with Gasteiger partial charge in [0.2, 0.25) is 0 Å². The molecule has 0 spiro atoms. The summed E-state index contributed by atoms with van der Waals surface area (Å²) in [7, 11) is 0. The van der Waals surface area contributed by atoms with E-state index in [1.165, 1.54) is 28.6 Å². The third kappa shape index (κ3) is 5.31. The molecular formula is C23H20IrN3O2-. The van der Waals surface area contributed by atoms with Crippen LogP contribution in [-0.2, 0) is 20.1 Å². The van der Waals surface area contributed by atoms with Crippen LogP contribution in [0.15, 0.2) is 60.9 Å². The summed E-state index contributed by atoms with van der Waals surface area (Å²) in [5.41, 5.74) is 5.16. The first-order valence-electron chi connectivity index (χ1n) is 8.82. The molecule has 2 heterocycles. The molecule has 0 saturated heterocycles. The Kier molecular flexibility index (Phi) is 7.71. The van der Waals surface area contributed by atoms with Gasteiger partial charge in [0.15, 0.2) is 0 Å². The molecule has 0 atom stereocenters. The van der Waals surface area contributed by atoms with Crippen LogP contribution in [0, 0.1) is 26.8 Å². The SMILES string of the molecule is Cc1cnc(-c2[c-]cc(C)c3ccccc23)c(C)n1.O=C(O)c1ccccn1.[Ir]. The van der Waals surface area contributed by atoms with Crippen molar-refractivity contribution in [3.8, 4) is 11.3 Å². The Morgan fingerprint density at radius 3 is 2.24 bits per heavy atom. The molecule has 0 aliphatic rings. The van der Waals surface area contributed by atoms with Crippen LogP contribution in [0.25, 0.3) is 22.0 Å². The number of carbonyl (C=O) groups is 1. The molecular weight excluding hydrogens is 542 g/mol. The molecule has 0 amide bonds. The van der Waals surface area contributed by atoms with E-state index in [4.69, 9.17) is 5.11 Å². The summed E-state index contributed by atoms with van der Waals surface area (Å²) in [5, 5.41) is 10.8. The summed E-state index contributed by atoms with van der Waals surface area (Å²) in [6, 6.07) is 18.5. The molecule has 4 aromatic rings. The third-order valence-electron chi connectivity index (χ3n) is 4.24. The van der Waals surface area contributed by atoms with Gasteiger partial charge in [-0.15, -0.1) is 23.3 Å². The average Bonchev–Trinajstić information content (AvgIpc) is 2.70. The van der Waals surface area contributed by atoms with Gasteiger partial charge in [-0.2, -0.15) is 0 Å². The van der Waals surface area contributed by atoms with Crippen LogP contribution in [-0.4, -0.2) is 26.0 Å². The van der Waals surface area contributed by atoms with Gasteiger partial charge in [-0.05, 0) is 26.0 Å². The van der Waals surface area contributed by atoms with Gasteiger partial charge in [0.25, 0.3) is 0 Å². The zero-order valence-electron chi connectivity index (χ0n) is 16.3. The third-order valence-corrected chi connectivity index (χ3v) is 4.24. The van der Waals surface area contributed by atoms with Gasteiger partial charge >= 0.3 is 5.97 Å². The molecule has 1 radical (unpaired) electrons. The van der Waals surface area contributed by atoms with E-state index in [9.17, 15) is 4.79 Å². The topological polar surface area (TPSA) is 76.0 Å². The van der Waals surface area contributed by atoms with Crippen LogP contribution in [0.2, 0.25) is 0 Å². The predicted molar refractivity (Wildman–Crippen MR) is 109 cm³/mol. The number of nitrogens with zero attached hydrogens (tertiary/aromatic N) is 3. The second-order valence-electron chi connectivity index (χ2n) is 6.36. The van der Waals surface area contributed by atoms with Crippen LogP contribution in [0.1, 0.15) is 27.4 Å². The second-order valence-corrected chi connectivity index (χ2v) is 6.36. The Labute approximate surface area is 183 Å². The van der Waals surface area contributed by atoms with Gasteiger partial charge in [0.05, 0.1) is 5.69 Å². The minimum Gasteiger partial charge on any atom is -0.477 e. The average molecular weight is 563 g/mol. The fourth-order valence-corrected chi connectivity index (χ4v) is 2.91. The van der Waals surface area contributed by atoms with E-state index >= 15 is 0 Å². The quantitative estimate of drug-likeness (QED) is 0.356. The number of hydrogen-bond acceptors (Lipinski definition) is 4. The number of benzene rings is 2. The number of aromatic carboxylic acids is 1. The summed E-state index contributed by atoms with van der Waals surface area (Å²) < 4.78 is 0. The van der Waals surface area contributed by atoms with Gasteiger partial charge in [0, 0.05) is 43.9 Å². The minimum absolute atomic E-state index is 0. The maximum Gasteiger partial charge on any atom is 0.354 e. The van der Waals surface area contributed by atoms with Crippen LogP contribution < -0.4 is 0 Å². The molecule has 6 heteroatoms. The molecule has 0 fully saturated rings. The summed E-state index contributed by atoms with van der Waals surface area (Å²) >= 11 is 0. The molecule has 5 nitrogen and oxygen atoms in total. The fraction of sp³-hybridized carbons (Fsp3) is 0.130. The number of rotatable bonds is 2. The maximum atomic E-state index is 10.1. The first-order valence-corrected chi connectivity index (χ1v) is 8.82. The molecule has 0 saturated carbocycles. The molecule has 4 rings (SSSR count). The van der Waals surface area contributed by atoms with E-state index in [0.29, 0.717) is 0 Å². The zero-order chi connectivity index (χ0) is 20.1. The van der Waals surface area contributed by atoms with Gasteiger partial charge < -0.3 is 10.1 Å². The van der Waals surface area contributed by atoms with E-state index in [1.807, 2.05) is 26.1 Å². The summed E-state index contributed by atoms with van der Waals surface area (Å²) in [5.74, 6) is -0.990. The summed E-state index contributed by atoms with van der Waals surface area (Å²) in [6.45, 7) is 6.06. The van der Waals surface area contributed by atoms with Crippen molar-refractivity contribution in [1.82, 2.24) is 15.0 Å². The fourth-order valence-electron chi connectivity index (χ4n) is 2.91. The Morgan fingerprint density at radius 2 is 1.66 bits per heavy atom. The molecule has 0 bridgehead atoms. The van der Waals surface area contributed by atoms with Crippen molar-refractivity contribution in [2.24, 2.45) is 0 Å². The summed E-state index contributed by atoms with van der Waals surface area (Å²) in [4.78, 5) is 22.7. The Hall–Kier alpha value is -2.95. The van der Waals surface area contributed by atoms with E-state index in [0.717, 1.165) is 22.6 Å². The largest absolute Gasteiger partial charge is 0.477 e.